The van der Waals surface area contributed by atoms with Gasteiger partial charge in [0.05, 0.1) is 0 Å². The maximum absolute atomic E-state index is 10.6. The quantitative estimate of drug-likeness (QED) is 0.914. The van der Waals surface area contributed by atoms with E-state index in [1.54, 1.807) is 23.7 Å². The highest BCUT2D eigenvalue weighted by molar-refractivity contribution is 7.12. The van der Waals surface area contributed by atoms with Crippen LogP contribution in [-0.4, -0.2) is 16.1 Å². The number of hydrogen-bond donors (Lipinski definition) is 1. The predicted octanol–water partition coefficient (Wildman–Crippen LogP) is 3.29. The van der Waals surface area contributed by atoms with Gasteiger partial charge in [-0.15, -0.1) is 11.3 Å². The second-order valence-corrected chi connectivity index (χ2v) is 4.16. The van der Waals surface area contributed by atoms with Crippen LogP contribution in [0.3, 0.4) is 0 Å². The number of rotatable bonds is 3. The molecule has 0 fully saturated rings. The highest BCUT2D eigenvalue weighted by Crippen LogP contribution is 2.29. The van der Waals surface area contributed by atoms with Crippen molar-refractivity contribution < 1.29 is 14.6 Å². The van der Waals surface area contributed by atoms with Gasteiger partial charge in [0.25, 0.3) is 0 Å². The van der Waals surface area contributed by atoms with Gasteiger partial charge in [-0.05, 0) is 12.1 Å². The summed E-state index contributed by atoms with van der Waals surface area (Å²) in [6.07, 6.45) is 1.55. The van der Waals surface area contributed by atoms with E-state index >= 15 is 0 Å². The molecule has 2 aromatic heterocycles. The normalized spacial score (nSPS) is 10.1. The first-order chi connectivity index (χ1) is 7.66. The number of ether oxygens (including phenoxy) is 1. The first kappa shape index (κ1) is 10.9. The number of carboxylic acid groups (broad SMARTS) is 1. The largest absolute Gasteiger partial charge is 0.477 e. The number of carboxylic acids is 1. The lowest BCUT2D eigenvalue weighted by atomic mass is 10.4. The molecule has 0 amide bonds. The van der Waals surface area contributed by atoms with E-state index in [-0.39, 0.29) is 10.8 Å². The molecule has 0 unspecified atom stereocenters. The van der Waals surface area contributed by atoms with E-state index in [1.165, 1.54) is 6.07 Å². The molecule has 6 heteroatoms. The first-order valence-electron chi connectivity index (χ1n) is 4.27. The highest BCUT2D eigenvalue weighted by atomic mass is 35.5. The lowest BCUT2D eigenvalue weighted by Crippen LogP contribution is -1.90. The van der Waals surface area contributed by atoms with Crippen LogP contribution in [0.2, 0.25) is 5.02 Å². The molecule has 0 saturated carbocycles. The number of nitrogens with zero attached hydrogens (tertiary/aromatic N) is 1. The molecule has 4 nitrogen and oxygen atoms in total. The van der Waals surface area contributed by atoms with Gasteiger partial charge in [0.15, 0.2) is 0 Å². The van der Waals surface area contributed by atoms with E-state index in [0.717, 1.165) is 11.3 Å². The number of thiophene rings is 1. The summed E-state index contributed by atoms with van der Waals surface area (Å²) in [5, 5.41) is 10.7. The highest BCUT2D eigenvalue weighted by Gasteiger charge is 2.09. The summed E-state index contributed by atoms with van der Waals surface area (Å²) in [7, 11) is 0. The SMILES string of the molecule is O=C(O)c1cc(Oc2ncccc2Cl)cs1. The van der Waals surface area contributed by atoms with Crippen molar-refractivity contribution in [2.24, 2.45) is 0 Å². The fourth-order valence-corrected chi connectivity index (χ4v) is 1.85. The summed E-state index contributed by atoms with van der Waals surface area (Å²) < 4.78 is 5.34. The average molecular weight is 256 g/mol. The molecular formula is C10H6ClNO3S. The Morgan fingerprint density at radius 2 is 2.38 bits per heavy atom. The van der Waals surface area contributed by atoms with E-state index in [2.05, 4.69) is 4.98 Å². The van der Waals surface area contributed by atoms with Gasteiger partial charge in [-0.1, -0.05) is 11.6 Å². The number of hydrogen-bond acceptors (Lipinski definition) is 4. The minimum Gasteiger partial charge on any atom is -0.477 e. The predicted molar refractivity (Wildman–Crippen MR) is 60.6 cm³/mol. The van der Waals surface area contributed by atoms with E-state index < -0.39 is 5.97 Å². The van der Waals surface area contributed by atoms with Crippen LogP contribution in [0, 0.1) is 0 Å². The smallest absolute Gasteiger partial charge is 0.346 e. The van der Waals surface area contributed by atoms with Crippen molar-refractivity contribution in [3.63, 3.8) is 0 Å². The molecule has 0 aliphatic rings. The Morgan fingerprint density at radius 3 is 3.00 bits per heavy atom. The average Bonchev–Trinajstić information content (AvgIpc) is 2.70. The van der Waals surface area contributed by atoms with Gasteiger partial charge in [0.2, 0.25) is 5.88 Å². The molecule has 0 aliphatic heterocycles. The molecule has 0 aromatic carbocycles. The number of aromatic nitrogens is 1. The summed E-state index contributed by atoms with van der Waals surface area (Å²) in [6.45, 7) is 0. The summed E-state index contributed by atoms with van der Waals surface area (Å²) in [5.41, 5.74) is 0. The van der Waals surface area contributed by atoms with Gasteiger partial charge in [-0.3, -0.25) is 0 Å². The fraction of sp³-hybridized carbons (Fsp3) is 0. The molecule has 0 radical (unpaired) electrons. The van der Waals surface area contributed by atoms with Crippen LogP contribution in [0.5, 0.6) is 11.6 Å². The third-order valence-electron chi connectivity index (χ3n) is 1.73. The molecule has 0 saturated heterocycles. The van der Waals surface area contributed by atoms with Crippen molar-refractivity contribution >= 4 is 28.9 Å². The molecule has 0 bridgehead atoms. The summed E-state index contributed by atoms with van der Waals surface area (Å²) in [6, 6.07) is 4.76. The standard InChI is InChI=1S/C10H6ClNO3S/c11-7-2-1-3-12-9(7)15-6-4-8(10(13)14)16-5-6/h1-5H,(H,13,14). The zero-order chi connectivity index (χ0) is 11.5. The molecule has 2 aromatic rings. The van der Waals surface area contributed by atoms with E-state index in [0.29, 0.717) is 10.8 Å². The second-order valence-electron chi connectivity index (χ2n) is 2.84. The van der Waals surface area contributed by atoms with Gasteiger partial charge in [-0.2, -0.15) is 0 Å². The van der Waals surface area contributed by atoms with E-state index in [4.69, 9.17) is 21.4 Å². The Bertz CT molecular complexity index is 526. The van der Waals surface area contributed by atoms with Crippen molar-refractivity contribution in [2.75, 3.05) is 0 Å². The van der Waals surface area contributed by atoms with Crippen molar-refractivity contribution in [1.82, 2.24) is 4.98 Å². The minimum absolute atomic E-state index is 0.210. The number of pyridine rings is 1. The monoisotopic (exact) mass is 255 g/mol. The van der Waals surface area contributed by atoms with Crippen LogP contribution < -0.4 is 4.74 Å². The van der Waals surface area contributed by atoms with Gasteiger partial charge in [0, 0.05) is 17.6 Å². The summed E-state index contributed by atoms with van der Waals surface area (Å²) >= 11 is 6.93. The molecule has 82 valence electrons. The Hall–Kier alpha value is -1.59. The molecule has 1 N–H and O–H groups in total. The molecular weight excluding hydrogens is 250 g/mol. The Balaban J connectivity index is 2.21. The second kappa shape index (κ2) is 4.51. The topological polar surface area (TPSA) is 59.4 Å². The lowest BCUT2D eigenvalue weighted by Gasteiger charge is -2.02. The van der Waals surface area contributed by atoms with Gasteiger partial charge in [0.1, 0.15) is 15.6 Å². The van der Waals surface area contributed by atoms with Crippen LogP contribution in [0.15, 0.2) is 29.8 Å². The molecule has 0 aliphatic carbocycles. The molecule has 0 spiro atoms. The maximum Gasteiger partial charge on any atom is 0.346 e. The number of carbonyl (C=O) groups is 1. The van der Waals surface area contributed by atoms with Gasteiger partial charge in [-0.25, -0.2) is 9.78 Å². The van der Waals surface area contributed by atoms with Gasteiger partial charge >= 0.3 is 5.97 Å². The Kier molecular flexibility index (Phi) is 3.07. The summed E-state index contributed by atoms with van der Waals surface area (Å²) in [5.74, 6) is -0.297. The Morgan fingerprint density at radius 1 is 1.56 bits per heavy atom. The molecule has 16 heavy (non-hydrogen) atoms. The molecule has 2 heterocycles. The molecule has 0 atom stereocenters. The van der Waals surface area contributed by atoms with E-state index in [9.17, 15) is 4.79 Å². The maximum atomic E-state index is 10.6. The third kappa shape index (κ3) is 2.32. The lowest BCUT2D eigenvalue weighted by molar-refractivity contribution is 0.0702. The number of halogens is 1. The zero-order valence-electron chi connectivity index (χ0n) is 7.88. The number of aromatic carboxylic acids is 1. The third-order valence-corrected chi connectivity index (χ3v) is 2.91. The van der Waals surface area contributed by atoms with Crippen LogP contribution in [0.1, 0.15) is 9.67 Å². The van der Waals surface area contributed by atoms with Gasteiger partial charge < -0.3 is 9.84 Å². The van der Waals surface area contributed by atoms with Crippen molar-refractivity contribution in [3.8, 4) is 11.6 Å². The van der Waals surface area contributed by atoms with Crippen LogP contribution in [0.4, 0.5) is 0 Å². The van der Waals surface area contributed by atoms with Crippen molar-refractivity contribution in [2.45, 2.75) is 0 Å². The van der Waals surface area contributed by atoms with Crippen LogP contribution in [0.25, 0.3) is 0 Å². The van der Waals surface area contributed by atoms with E-state index in [1.807, 2.05) is 0 Å². The summed E-state index contributed by atoms with van der Waals surface area (Å²) in [4.78, 5) is 14.8. The fourth-order valence-electron chi connectivity index (χ4n) is 1.04. The minimum atomic E-state index is -0.980. The molecule has 2 rings (SSSR count). The zero-order valence-corrected chi connectivity index (χ0v) is 9.46. The van der Waals surface area contributed by atoms with Crippen molar-refractivity contribution in [3.05, 3.63) is 39.7 Å². The first-order valence-corrected chi connectivity index (χ1v) is 5.53. The Labute approximate surface area is 100 Å². The van der Waals surface area contributed by atoms with Crippen LogP contribution >= 0.6 is 22.9 Å². The van der Waals surface area contributed by atoms with Crippen molar-refractivity contribution in [1.29, 1.82) is 0 Å². The van der Waals surface area contributed by atoms with Crippen LogP contribution in [-0.2, 0) is 0 Å².